The Labute approximate surface area is 116 Å². The summed E-state index contributed by atoms with van der Waals surface area (Å²) in [6.45, 7) is 1.66. The third-order valence-corrected chi connectivity index (χ3v) is 2.87. The highest BCUT2D eigenvalue weighted by Gasteiger charge is 2.10. The molecule has 1 aromatic carbocycles. The molecule has 5 nitrogen and oxygen atoms in total. The molecule has 0 fully saturated rings. The number of aryl methyl sites for hydroxylation is 1. The molecule has 0 aliphatic heterocycles. The molecule has 0 radical (unpaired) electrons. The number of anilines is 3. The Bertz CT molecular complexity index is 620. The third-order valence-electron chi connectivity index (χ3n) is 2.26. The molecule has 2 aromatic rings. The van der Waals surface area contributed by atoms with Gasteiger partial charge in [-0.15, -0.1) is 0 Å². The van der Waals surface area contributed by atoms with E-state index < -0.39 is 11.6 Å². The van der Waals surface area contributed by atoms with Gasteiger partial charge in [0, 0.05) is 12.1 Å². The van der Waals surface area contributed by atoms with Gasteiger partial charge in [-0.05, 0) is 28.9 Å². The van der Waals surface area contributed by atoms with Crippen LogP contribution in [0.2, 0.25) is 0 Å². The number of halogens is 3. The number of nitrogens with one attached hydrogen (secondary N) is 2. The van der Waals surface area contributed by atoms with E-state index in [4.69, 9.17) is 5.84 Å². The first-order valence-electron chi connectivity index (χ1n) is 5.23. The van der Waals surface area contributed by atoms with Crippen molar-refractivity contribution in [2.24, 2.45) is 5.84 Å². The Morgan fingerprint density at radius 3 is 2.47 bits per heavy atom. The molecule has 0 bridgehead atoms. The number of nitrogens with zero attached hydrogens (tertiary/aromatic N) is 2. The van der Waals surface area contributed by atoms with Gasteiger partial charge in [0.15, 0.2) is 0 Å². The Kier molecular flexibility index (Phi) is 3.91. The summed E-state index contributed by atoms with van der Waals surface area (Å²) in [6, 6.07) is 3.55. The topological polar surface area (TPSA) is 75.9 Å². The van der Waals surface area contributed by atoms with Gasteiger partial charge in [0.1, 0.15) is 29.1 Å². The largest absolute Gasteiger partial charge is 0.338 e. The summed E-state index contributed by atoms with van der Waals surface area (Å²) in [7, 11) is 0. The molecule has 0 unspecified atom stereocenters. The van der Waals surface area contributed by atoms with Gasteiger partial charge in [0.05, 0.1) is 10.2 Å². The van der Waals surface area contributed by atoms with Crippen molar-refractivity contribution in [1.82, 2.24) is 9.97 Å². The fraction of sp³-hybridized carbons (Fsp3) is 0.0909. The van der Waals surface area contributed by atoms with E-state index in [1.165, 1.54) is 6.07 Å². The second-order valence-electron chi connectivity index (χ2n) is 3.70. The van der Waals surface area contributed by atoms with Gasteiger partial charge < -0.3 is 10.7 Å². The van der Waals surface area contributed by atoms with Crippen molar-refractivity contribution in [3.63, 3.8) is 0 Å². The Morgan fingerprint density at radius 2 is 1.79 bits per heavy atom. The van der Waals surface area contributed by atoms with Gasteiger partial charge in [0.2, 0.25) is 0 Å². The number of rotatable bonds is 3. The van der Waals surface area contributed by atoms with E-state index in [-0.39, 0.29) is 10.2 Å². The molecule has 0 saturated heterocycles. The standard InChI is InChI=1S/C11H10BrF2N5/c1-5-16-10(4-11(17-5)19-15)18-9-3-7(13)6(12)2-8(9)14/h2-4H,15H2,1H3,(H2,16,17,18,19). The highest BCUT2D eigenvalue weighted by Crippen LogP contribution is 2.26. The molecule has 1 aromatic heterocycles. The molecule has 0 aliphatic rings. The minimum absolute atomic E-state index is 0.0261. The molecule has 0 amide bonds. The van der Waals surface area contributed by atoms with Gasteiger partial charge in [-0.3, -0.25) is 0 Å². The van der Waals surface area contributed by atoms with Crippen molar-refractivity contribution < 1.29 is 8.78 Å². The molecular formula is C11H10BrF2N5. The van der Waals surface area contributed by atoms with Gasteiger partial charge in [-0.2, -0.15) is 0 Å². The van der Waals surface area contributed by atoms with E-state index in [1.807, 2.05) is 0 Å². The number of aromatic nitrogens is 2. The van der Waals surface area contributed by atoms with Crippen LogP contribution in [-0.4, -0.2) is 9.97 Å². The number of nitrogen functional groups attached to an aromatic ring is 1. The van der Waals surface area contributed by atoms with Crippen LogP contribution in [0, 0.1) is 18.6 Å². The molecule has 100 valence electrons. The molecule has 0 atom stereocenters. The third kappa shape index (κ3) is 3.15. The molecule has 8 heteroatoms. The quantitative estimate of drug-likeness (QED) is 0.458. The summed E-state index contributed by atoms with van der Waals surface area (Å²) in [6.07, 6.45) is 0. The maximum Gasteiger partial charge on any atom is 0.148 e. The maximum absolute atomic E-state index is 13.7. The molecule has 4 N–H and O–H groups in total. The lowest BCUT2D eigenvalue weighted by Gasteiger charge is -2.09. The molecule has 1 heterocycles. The van der Waals surface area contributed by atoms with Crippen LogP contribution in [0.3, 0.4) is 0 Å². The summed E-state index contributed by atoms with van der Waals surface area (Å²) in [5.41, 5.74) is 2.34. The molecular weight excluding hydrogens is 320 g/mol. The number of hydrogen-bond acceptors (Lipinski definition) is 5. The zero-order valence-electron chi connectivity index (χ0n) is 9.84. The number of hydrogen-bond donors (Lipinski definition) is 3. The van der Waals surface area contributed by atoms with E-state index in [2.05, 4.69) is 36.6 Å². The van der Waals surface area contributed by atoms with Crippen molar-refractivity contribution >= 4 is 33.3 Å². The highest BCUT2D eigenvalue weighted by molar-refractivity contribution is 9.10. The minimum Gasteiger partial charge on any atom is -0.338 e. The van der Waals surface area contributed by atoms with E-state index in [0.717, 1.165) is 12.1 Å². The predicted molar refractivity (Wildman–Crippen MR) is 71.9 cm³/mol. The Hall–Kier alpha value is -1.80. The molecule has 0 spiro atoms. The van der Waals surface area contributed by atoms with Gasteiger partial charge in [-0.25, -0.2) is 24.6 Å². The first kappa shape index (κ1) is 13.6. The van der Waals surface area contributed by atoms with E-state index in [1.54, 1.807) is 6.92 Å². The van der Waals surface area contributed by atoms with Crippen LogP contribution < -0.4 is 16.6 Å². The van der Waals surface area contributed by atoms with Crippen LogP contribution in [0.4, 0.5) is 26.1 Å². The molecule has 0 aliphatic carbocycles. The fourth-order valence-corrected chi connectivity index (χ4v) is 1.78. The van der Waals surface area contributed by atoms with Crippen LogP contribution in [0.25, 0.3) is 0 Å². The van der Waals surface area contributed by atoms with Gasteiger partial charge >= 0.3 is 0 Å². The predicted octanol–water partition coefficient (Wildman–Crippen LogP) is 2.85. The smallest absolute Gasteiger partial charge is 0.148 e. The van der Waals surface area contributed by atoms with Gasteiger partial charge in [0.25, 0.3) is 0 Å². The van der Waals surface area contributed by atoms with Crippen molar-refractivity contribution in [3.8, 4) is 0 Å². The Balaban J connectivity index is 2.36. The average Bonchev–Trinajstić information content (AvgIpc) is 2.35. The van der Waals surface area contributed by atoms with Crippen molar-refractivity contribution in [1.29, 1.82) is 0 Å². The zero-order valence-corrected chi connectivity index (χ0v) is 11.4. The highest BCUT2D eigenvalue weighted by atomic mass is 79.9. The first-order valence-corrected chi connectivity index (χ1v) is 6.03. The lowest BCUT2D eigenvalue weighted by Crippen LogP contribution is -2.10. The zero-order chi connectivity index (χ0) is 14.0. The number of hydrazine groups is 1. The first-order chi connectivity index (χ1) is 8.99. The summed E-state index contributed by atoms with van der Waals surface area (Å²) < 4.78 is 27.1. The lowest BCUT2D eigenvalue weighted by molar-refractivity contribution is 0.597. The molecule has 2 rings (SSSR count). The van der Waals surface area contributed by atoms with Crippen molar-refractivity contribution in [2.75, 3.05) is 10.7 Å². The van der Waals surface area contributed by atoms with Crippen LogP contribution in [0.1, 0.15) is 5.82 Å². The monoisotopic (exact) mass is 329 g/mol. The van der Waals surface area contributed by atoms with Crippen molar-refractivity contribution in [2.45, 2.75) is 6.92 Å². The second kappa shape index (κ2) is 5.45. The molecule has 19 heavy (non-hydrogen) atoms. The Morgan fingerprint density at radius 1 is 1.11 bits per heavy atom. The SMILES string of the molecule is Cc1nc(NN)cc(Nc2cc(F)c(Br)cc2F)n1. The van der Waals surface area contributed by atoms with Crippen LogP contribution in [0.5, 0.6) is 0 Å². The second-order valence-corrected chi connectivity index (χ2v) is 4.56. The van der Waals surface area contributed by atoms with Crippen LogP contribution in [0.15, 0.2) is 22.7 Å². The lowest BCUT2D eigenvalue weighted by atomic mass is 10.3. The van der Waals surface area contributed by atoms with E-state index in [9.17, 15) is 8.78 Å². The van der Waals surface area contributed by atoms with E-state index >= 15 is 0 Å². The van der Waals surface area contributed by atoms with Crippen molar-refractivity contribution in [3.05, 3.63) is 40.1 Å². The normalized spacial score (nSPS) is 10.4. The maximum atomic E-state index is 13.7. The fourth-order valence-electron chi connectivity index (χ4n) is 1.46. The summed E-state index contributed by atoms with van der Waals surface area (Å²) in [5.74, 6) is 5.18. The summed E-state index contributed by atoms with van der Waals surface area (Å²) in [5, 5.41) is 2.67. The van der Waals surface area contributed by atoms with E-state index in [0.29, 0.717) is 17.5 Å². The number of benzene rings is 1. The van der Waals surface area contributed by atoms with Crippen LogP contribution in [-0.2, 0) is 0 Å². The summed E-state index contributed by atoms with van der Waals surface area (Å²) >= 11 is 2.91. The van der Waals surface area contributed by atoms with Gasteiger partial charge in [-0.1, -0.05) is 0 Å². The number of nitrogens with two attached hydrogens (primary N) is 1. The average molecular weight is 330 g/mol. The molecule has 0 saturated carbocycles. The van der Waals surface area contributed by atoms with Crippen LogP contribution >= 0.6 is 15.9 Å². The minimum atomic E-state index is -0.605. The summed E-state index contributed by atoms with van der Waals surface area (Å²) in [4.78, 5) is 8.04.